The van der Waals surface area contributed by atoms with Crippen LogP contribution in [-0.4, -0.2) is 26.8 Å². The highest BCUT2D eigenvalue weighted by atomic mass is 32.2. The number of aryl methyl sites for hydroxylation is 1. The second kappa shape index (κ2) is 7.98. The van der Waals surface area contributed by atoms with Crippen LogP contribution >= 0.6 is 11.8 Å². The van der Waals surface area contributed by atoms with Crippen molar-refractivity contribution in [1.29, 1.82) is 0 Å². The Morgan fingerprint density at radius 2 is 1.88 bits per heavy atom. The van der Waals surface area contributed by atoms with E-state index in [0.717, 1.165) is 11.1 Å². The van der Waals surface area contributed by atoms with Gasteiger partial charge in [0.15, 0.2) is 5.82 Å². The molecular weight excluding hydrogens is 332 g/mol. The molecule has 0 aliphatic carbocycles. The quantitative estimate of drug-likeness (QED) is 0.663. The number of thioether (sulfide) groups is 1. The minimum atomic E-state index is -0.0389. The topological polar surface area (TPSA) is 70.7 Å². The third kappa shape index (κ3) is 4.70. The van der Waals surface area contributed by atoms with E-state index in [1.54, 1.807) is 0 Å². The minimum absolute atomic E-state index is 0.0236. The maximum Gasteiger partial charge on any atom is 0.230 e. The molecule has 0 bridgehead atoms. The predicted molar refractivity (Wildman–Crippen MR) is 100 cm³/mol. The summed E-state index contributed by atoms with van der Waals surface area (Å²) in [6.45, 7) is 4.01. The number of H-pyrrole nitrogens is 1. The summed E-state index contributed by atoms with van der Waals surface area (Å²) in [5.74, 6) is 0.950. The molecule has 1 atom stereocenters. The fourth-order valence-corrected chi connectivity index (χ4v) is 3.00. The molecule has 128 valence electrons. The molecule has 3 rings (SSSR count). The van der Waals surface area contributed by atoms with Gasteiger partial charge >= 0.3 is 0 Å². The molecule has 3 aromatic rings. The van der Waals surface area contributed by atoms with E-state index in [1.165, 1.54) is 17.3 Å². The number of nitrogens with zero attached hydrogens (tertiary/aromatic N) is 2. The number of hydrogen-bond acceptors (Lipinski definition) is 4. The van der Waals surface area contributed by atoms with Crippen molar-refractivity contribution in [2.45, 2.75) is 25.0 Å². The molecule has 5 nitrogen and oxygen atoms in total. The molecule has 1 amide bonds. The van der Waals surface area contributed by atoms with Gasteiger partial charge in [-0.05, 0) is 19.4 Å². The van der Waals surface area contributed by atoms with Gasteiger partial charge in [-0.1, -0.05) is 71.9 Å². The summed E-state index contributed by atoms with van der Waals surface area (Å²) in [4.78, 5) is 16.6. The third-order valence-electron chi connectivity index (χ3n) is 3.80. The highest BCUT2D eigenvalue weighted by Crippen LogP contribution is 2.20. The summed E-state index contributed by atoms with van der Waals surface area (Å²) < 4.78 is 0. The van der Waals surface area contributed by atoms with Gasteiger partial charge in [0, 0.05) is 5.56 Å². The monoisotopic (exact) mass is 352 g/mol. The van der Waals surface area contributed by atoms with Gasteiger partial charge < -0.3 is 5.32 Å². The second-order valence-electron chi connectivity index (χ2n) is 5.82. The van der Waals surface area contributed by atoms with Crippen molar-refractivity contribution in [3.8, 4) is 11.4 Å². The van der Waals surface area contributed by atoms with Crippen LogP contribution in [0.2, 0.25) is 0 Å². The van der Waals surface area contributed by atoms with Crippen LogP contribution < -0.4 is 5.32 Å². The Morgan fingerprint density at radius 3 is 2.60 bits per heavy atom. The average molecular weight is 352 g/mol. The average Bonchev–Trinajstić information content (AvgIpc) is 3.10. The van der Waals surface area contributed by atoms with Crippen LogP contribution in [0.25, 0.3) is 11.4 Å². The number of rotatable bonds is 6. The number of aromatic nitrogens is 3. The zero-order valence-electron chi connectivity index (χ0n) is 14.2. The van der Waals surface area contributed by atoms with Gasteiger partial charge in [-0.25, -0.2) is 4.98 Å². The lowest BCUT2D eigenvalue weighted by molar-refractivity contribution is -0.119. The van der Waals surface area contributed by atoms with E-state index in [-0.39, 0.29) is 17.7 Å². The molecule has 1 heterocycles. The van der Waals surface area contributed by atoms with Crippen molar-refractivity contribution in [2.75, 3.05) is 5.75 Å². The first-order valence-electron chi connectivity index (χ1n) is 8.08. The first kappa shape index (κ1) is 17.2. The van der Waals surface area contributed by atoms with Gasteiger partial charge in [0.1, 0.15) is 0 Å². The molecule has 2 aromatic carbocycles. The first-order valence-corrected chi connectivity index (χ1v) is 9.07. The third-order valence-corrected chi connectivity index (χ3v) is 4.65. The van der Waals surface area contributed by atoms with Gasteiger partial charge in [-0.15, -0.1) is 5.10 Å². The summed E-state index contributed by atoms with van der Waals surface area (Å²) in [6.07, 6.45) is 0. The summed E-state index contributed by atoms with van der Waals surface area (Å²) in [5.41, 5.74) is 3.26. The Hall–Kier alpha value is -2.60. The molecule has 0 unspecified atom stereocenters. The lowest BCUT2D eigenvalue weighted by atomic mass is 10.1. The zero-order valence-corrected chi connectivity index (χ0v) is 15.0. The zero-order chi connectivity index (χ0) is 17.6. The highest BCUT2D eigenvalue weighted by Gasteiger charge is 2.12. The van der Waals surface area contributed by atoms with E-state index in [4.69, 9.17) is 0 Å². The minimum Gasteiger partial charge on any atom is -0.349 e. The van der Waals surface area contributed by atoms with Crippen molar-refractivity contribution >= 4 is 17.7 Å². The van der Waals surface area contributed by atoms with Crippen LogP contribution in [0.3, 0.4) is 0 Å². The molecule has 0 aliphatic rings. The van der Waals surface area contributed by atoms with Crippen molar-refractivity contribution in [3.05, 3.63) is 65.7 Å². The Kier molecular flexibility index (Phi) is 5.50. The predicted octanol–water partition coefficient (Wildman–Crippen LogP) is 3.75. The van der Waals surface area contributed by atoms with Crippen molar-refractivity contribution in [2.24, 2.45) is 0 Å². The summed E-state index contributed by atoms with van der Waals surface area (Å²) >= 11 is 1.32. The molecule has 0 saturated carbocycles. The van der Waals surface area contributed by atoms with Gasteiger partial charge in [0.2, 0.25) is 11.1 Å². The molecule has 0 aliphatic heterocycles. The van der Waals surface area contributed by atoms with Crippen LogP contribution in [0.4, 0.5) is 0 Å². The Morgan fingerprint density at radius 1 is 1.16 bits per heavy atom. The van der Waals surface area contributed by atoms with E-state index in [0.29, 0.717) is 11.0 Å². The van der Waals surface area contributed by atoms with Gasteiger partial charge in [-0.2, -0.15) is 0 Å². The smallest absolute Gasteiger partial charge is 0.230 e. The molecular formula is C19H20N4OS. The van der Waals surface area contributed by atoms with Gasteiger partial charge in [0.25, 0.3) is 0 Å². The van der Waals surface area contributed by atoms with Crippen LogP contribution in [0.5, 0.6) is 0 Å². The first-order chi connectivity index (χ1) is 12.1. The molecule has 0 fully saturated rings. The standard InChI is InChI=1S/C19H20N4OS/c1-13-8-10-16(11-9-13)18-21-19(23-22-18)25-12-17(24)20-14(2)15-6-4-3-5-7-15/h3-11,14H,12H2,1-2H3,(H,20,24)(H,21,22,23)/t14-/m1/s1. The number of benzene rings is 2. The number of hydrogen-bond donors (Lipinski definition) is 2. The number of carbonyl (C=O) groups excluding carboxylic acids is 1. The SMILES string of the molecule is Cc1ccc(-c2nc(SCC(=O)N[C@H](C)c3ccccc3)n[nH]2)cc1. The maximum absolute atomic E-state index is 12.1. The van der Waals surface area contributed by atoms with Crippen molar-refractivity contribution < 1.29 is 4.79 Å². The Labute approximate surface area is 151 Å². The Balaban J connectivity index is 1.53. The van der Waals surface area contributed by atoms with E-state index in [9.17, 15) is 4.79 Å². The maximum atomic E-state index is 12.1. The number of amides is 1. The highest BCUT2D eigenvalue weighted by molar-refractivity contribution is 7.99. The van der Waals surface area contributed by atoms with E-state index in [2.05, 4.69) is 20.5 Å². The summed E-state index contributed by atoms with van der Waals surface area (Å²) in [7, 11) is 0. The molecule has 6 heteroatoms. The van der Waals surface area contributed by atoms with E-state index >= 15 is 0 Å². The Bertz CT molecular complexity index is 830. The molecule has 2 N–H and O–H groups in total. The van der Waals surface area contributed by atoms with Crippen molar-refractivity contribution in [3.63, 3.8) is 0 Å². The van der Waals surface area contributed by atoms with Gasteiger partial charge in [-0.3, -0.25) is 9.89 Å². The fourth-order valence-electron chi connectivity index (χ4n) is 2.39. The lowest BCUT2D eigenvalue weighted by Crippen LogP contribution is -2.28. The molecule has 0 saturated heterocycles. The van der Waals surface area contributed by atoms with Gasteiger partial charge in [0.05, 0.1) is 11.8 Å². The van der Waals surface area contributed by atoms with Crippen molar-refractivity contribution in [1.82, 2.24) is 20.5 Å². The van der Waals surface area contributed by atoms with Crippen LogP contribution in [-0.2, 0) is 4.79 Å². The number of aromatic amines is 1. The fraction of sp³-hybridized carbons (Fsp3) is 0.211. The molecule has 0 radical (unpaired) electrons. The van der Waals surface area contributed by atoms with Crippen LogP contribution in [0.1, 0.15) is 24.1 Å². The van der Waals surface area contributed by atoms with Crippen LogP contribution in [0, 0.1) is 6.92 Å². The number of nitrogens with one attached hydrogen (secondary N) is 2. The van der Waals surface area contributed by atoms with E-state index in [1.807, 2.05) is 68.4 Å². The molecule has 1 aromatic heterocycles. The van der Waals surface area contributed by atoms with E-state index < -0.39 is 0 Å². The molecule has 0 spiro atoms. The summed E-state index contributed by atoms with van der Waals surface area (Å²) in [5, 5.41) is 10.6. The normalized spacial score (nSPS) is 11.9. The largest absolute Gasteiger partial charge is 0.349 e. The lowest BCUT2D eigenvalue weighted by Gasteiger charge is -2.13. The number of carbonyl (C=O) groups is 1. The van der Waals surface area contributed by atoms with Crippen LogP contribution in [0.15, 0.2) is 59.8 Å². The second-order valence-corrected chi connectivity index (χ2v) is 6.76. The summed E-state index contributed by atoms with van der Waals surface area (Å²) in [6, 6.07) is 17.9. The molecule has 25 heavy (non-hydrogen) atoms.